The third-order valence-electron chi connectivity index (χ3n) is 4.48. The molecular formula is C20H21N3O4. The van der Waals surface area contributed by atoms with Crippen molar-refractivity contribution in [2.75, 3.05) is 7.11 Å². The number of nitrogens with one attached hydrogen (secondary N) is 1. The molecule has 0 aliphatic rings. The first-order valence-corrected chi connectivity index (χ1v) is 8.41. The van der Waals surface area contributed by atoms with Crippen molar-refractivity contribution in [3.8, 4) is 28.6 Å². The first kappa shape index (κ1) is 18.4. The molecule has 0 bridgehead atoms. The molecule has 1 N–H and O–H groups in total. The van der Waals surface area contributed by atoms with Crippen LogP contribution in [0.2, 0.25) is 0 Å². The Hall–Kier alpha value is -3.35. The minimum absolute atomic E-state index is 0.385. The summed E-state index contributed by atoms with van der Waals surface area (Å²) in [6, 6.07) is 7.18. The van der Waals surface area contributed by atoms with E-state index >= 15 is 0 Å². The quantitative estimate of drug-likeness (QED) is 0.766. The van der Waals surface area contributed by atoms with Crippen LogP contribution >= 0.6 is 0 Å². The molecule has 3 rings (SSSR count). The minimum atomic E-state index is -0.448. The maximum Gasteiger partial charge on any atom is 0.328 e. The molecule has 2 aromatic heterocycles. The Bertz CT molecular complexity index is 1090. The van der Waals surface area contributed by atoms with Crippen LogP contribution in [0.5, 0.6) is 17.4 Å². The van der Waals surface area contributed by atoms with E-state index in [0.717, 1.165) is 16.7 Å². The Morgan fingerprint density at radius 1 is 1.07 bits per heavy atom. The van der Waals surface area contributed by atoms with E-state index in [-0.39, 0.29) is 5.56 Å². The third kappa shape index (κ3) is 3.48. The smallest absolute Gasteiger partial charge is 0.328 e. The lowest BCUT2D eigenvalue weighted by molar-refractivity contribution is 0.402. The fraction of sp³-hybridized carbons (Fsp3) is 0.250. The summed E-state index contributed by atoms with van der Waals surface area (Å²) in [5, 5.41) is 0. The van der Waals surface area contributed by atoms with Crippen molar-refractivity contribution in [1.29, 1.82) is 0 Å². The van der Waals surface area contributed by atoms with Gasteiger partial charge in [0, 0.05) is 36.0 Å². The Morgan fingerprint density at radius 2 is 1.81 bits per heavy atom. The lowest BCUT2D eigenvalue weighted by Gasteiger charge is -2.14. The zero-order valence-corrected chi connectivity index (χ0v) is 15.9. The van der Waals surface area contributed by atoms with Gasteiger partial charge in [0.1, 0.15) is 11.5 Å². The lowest BCUT2D eigenvalue weighted by atomic mass is 10.0. The largest absolute Gasteiger partial charge is 0.496 e. The van der Waals surface area contributed by atoms with Crippen molar-refractivity contribution in [2.45, 2.75) is 20.8 Å². The molecule has 0 unspecified atom stereocenters. The van der Waals surface area contributed by atoms with Crippen molar-refractivity contribution < 1.29 is 9.47 Å². The molecular weight excluding hydrogens is 346 g/mol. The van der Waals surface area contributed by atoms with Crippen LogP contribution in [0.3, 0.4) is 0 Å². The Labute approximate surface area is 156 Å². The maximum absolute atomic E-state index is 12.0. The van der Waals surface area contributed by atoms with Gasteiger partial charge >= 0.3 is 5.69 Å². The van der Waals surface area contributed by atoms with E-state index in [2.05, 4.69) is 9.97 Å². The van der Waals surface area contributed by atoms with Gasteiger partial charge in [0.25, 0.3) is 5.56 Å². The SMILES string of the molecule is COc1cc(Oc2ccc(-c3c(C)c(=O)[nH]c(=O)n3C)c(C)c2)ncc1C. The number of ether oxygens (including phenoxy) is 2. The minimum Gasteiger partial charge on any atom is -0.496 e. The summed E-state index contributed by atoms with van der Waals surface area (Å²) in [5.74, 6) is 1.72. The highest BCUT2D eigenvalue weighted by molar-refractivity contribution is 5.67. The molecule has 140 valence electrons. The van der Waals surface area contributed by atoms with Crippen LogP contribution in [0.4, 0.5) is 0 Å². The lowest BCUT2D eigenvalue weighted by Crippen LogP contribution is -2.31. The average molecular weight is 367 g/mol. The number of aromatic amines is 1. The first-order chi connectivity index (χ1) is 12.8. The number of nitrogens with zero attached hydrogens (tertiary/aromatic N) is 2. The van der Waals surface area contributed by atoms with Crippen molar-refractivity contribution in [1.82, 2.24) is 14.5 Å². The third-order valence-corrected chi connectivity index (χ3v) is 4.48. The summed E-state index contributed by atoms with van der Waals surface area (Å²) in [6.45, 7) is 5.50. The van der Waals surface area contributed by atoms with Crippen molar-refractivity contribution in [2.24, 2.45) is 7.05 Å². The number of aryl methyl sites for hydroxylation is 2. The molecule has 0 aliphatic carbocycles. The number of H-pyrrole nitrogens is 1. The van der Waals surface area contributed by atoms with Crippen molar-refractivity contribution >= 4 is 0 Å². The van der Waals surface area contributed by atoms with Crippen LogP contribution in [-0.2, 0) is 7.05 Å². The number of rotatable bonds is 4. The predicted molar refractivity (Wildman–Crippen MR) is 103 cm³/mol. The number of benzene rings is 1. The van der Waals surface area contributed by atoms with E-state index in [0.29, 0.717) is 28.6 Å². The van der Waals surface area contributed by atoms with Gasteiger partial charge in [-0.3, -0.25) is 14.3 Å². The summed E-state index contributed by atoms with van der Waals surface area (Å²) in [7, 11) is 3.23. The normalized spacial score (nSPS) is 10.7. The van der Waals surface area contributed by atoms with Crippen molar-refractivity contribution in [3.05, 3.63) is 68.0 Å². The summed E-state index contributed by atoms with van der Waals surface area (Å²) >= 11 is 0. The fourth-order valence-corrected chi connectivity index (χ4v) is 2.97. The zero-order valence-electron chi connectivity index (χ0n) is 15.9. The van der Waals surface area contributed by atoms with Crippen LogP contribution in [0.1, 0.15) is 16.7 Å². The maximum atomic E-state index is 12.0. The van der Waals surface area contributed by atoms with Gasteiger partial charge in [0.15, 0.2) is 0 Å². The molecule has 3 aromatic rings. The number of hydrogen-bond acceptors (Lipinski definition) is 5. The van der Waals surface area contributed by atoms with Gasteiger partial charge in [-0.2, -0.15) is 0 Å². The molecule has 0 spiro atoms. The average Bonchev–Trinajstić information content (AvgIpc) is 2.63. The van der Waals surface area contributed by atoms with Gasteiger partial charge in [0.05, 0.1) is 12.8 Å². The molecule has 27 heavy (non-hydrogen) atoms. The van der Waals surface area contributed by atoms with E-state index < -0.39 is 5.69 Å². The predicted octanol–water partition coefficient (Wildman–Crippen LogP) is 2.86. The van der Waals surface area contributed by atoms with Gasteiger partial charge in [0.2, 0.25) is 5.88 Å². The Balaban J connectivity index is 2.01. The molecule has 0 fully saturated rings. The Kier molecular flexibility index (Phi) is 4.85. The molecule has 0 atom stereocenters. The van der Waals surface area contributed by atoms with Gasteiger partial charge < -0.3 is 9.47 Å². The summed E-state index contributed by atoms with van der Waals surface area (Å²) in [4.78, 5) is 30.5. The summed E-state index contributed by atoms with van der Waals surface area (Å²) in [5.41, 5.74) is 2.82. The molecule has 2 heterocycles. The summed E-state index contributed by atoms with van der Waals surface area (Å²) in [6.07, 6.45) is 1.69. The second-order valence-electron chi connectivity index (χ2n) is 6.36. The zero-order chi connectivity index (χ0) is 19.7. The molecule has 0 amide bonds. The fourth-order valence-electron chi connectivity index (χ4n) is 2.97. The highest BCUT2D eigenvalue weighted by atomic mass is 16.5. The van der Waals surface area contributed by atoms with E-state index in [4.69, 9.17) is 9.47 Å². The molecule has 0 saturated heterocycles. The van der Waals surface area contributed by atoms with E-state index in [9.17, 15) is 9.59 Å². The highest BCUT2D eigenvalue weighted by Crippen LogP contribution is 2.30. The van der Waals surface area contributed by atoms with E-state index in [1.807, 2.05) is 26.0 Å². The number of aromatic nitrogens is 3. The van der Waals surface area contributed by atoms with Gasteiger partial charge in [-0.1, -0.05) is 0 Å². The summed E-state index contributed by atoms with van der Waals surface area (Å²) < 4.78 is 12.6. The van der Waals surface area contributed by atoms with E-state index in [1.165, 1.54) is 4.57 Å². The van der Waals surface area contributed by atoms with Crippen LogP contribution < -0.4 is 20.7 Å². The topological polar surface area (TPSA) is 86.2 Å². The number of hydrogen-bond donors (Lipinski definition) is 1. The molecule has 0 radical (unpaired) electrons. The van der Waals surface area contributed by atoms with Crippen LogP contribution in [0.25, 0.3) is 11.3 Å². The van der Waals surface area contributed by atoms with Gasteiger partial charge in [-0.15, -0.1) is 0 Å². The second kappa shape index (κ2) is 7.11. The molecule has 7 heteroatoms. The number of methoxy groups -OCH3 is 1. The highest BCUT2D eigenvalue weighted by Gasteiger charge is 2.14. The first-order valence-electron chi connectivity index (χ1n) is 8.41. The van der Waals surface area contributed by atoms with E-state index in [1.54, 1.807) is 39.4 Å². The molecule has 0 saturated carbocycles. The van der Waals surface area contributed by atoms with Crippen LogP contribution in [0.15, 0.2) is 40.1 Å². The molecule has 7 nitrogen and oxygen atoms in total. The second-order valence-corrected chi connectivity index (χ2v) is 6.36. The van der Waals surface area contributed by atoms with Crippen LogP contribution in [-0.4, -0.2) is 21.6 Å². The van der Waals surface area contributed by atoms with Crippen LogP contribution in [0, 0.1) is 20.8 Å². The van der Waals surface area contributed by atoms with Gasteiger partial charge in [-0.25, -0.2) is 9.78 Å². The van der Waals surface area contributed by atoms with Gasteiger partial charge in [-0.05, 0) is 44.5 Å². The van der Waals surface area contributed by atoms with Crippen molar-refractivity contribution in [3.63, 3.8) is 0 Å². The number of pyridine rings is 1. The molecule has 0 aliphatic heterocycles. The monoisotopic (exact) mass is 367 g/mol. The Morgan fingerprint density at radius 3 is 2.48 bits per heavy atom. The molecule has 1 aromatic carbocycles. The standard InChI is InChI=1S/C20H21N3O4/c1-11-8-14(27-17-9-16(26-5)12(2)10-21-17)6-7-15(11)18-13(3)19(24)22-20(25)23(18)4/h6-10H,1-5H3,(H,22,24,25).